The predicted octanol–water partition coefficient (Wildman–Crippen LogP) is -0.735. The van der Waals surface area contributed by atoms with E-state index in [0.717, 1.165) is 0 Å². The second kappa shape index (κ2) is 0.869. The van der Waals surface area contributed by atoms with Gasteiger partial charge < -0.3 is 5.11 Å². The molecule has 2 nitrogen and oxygen atoms in total. The highest BCUT2D eigenvalue weighted by molar-refractivity contribution is 5.98. The first-order chi connectivity index (χ1) is 2.80. The minimum atomic E-state index is -0.731. The zero-order valence-corrected chi connectivity index (χ0v) is 3.05. The van der Waals surface area contributed by atoms with Crippen molar-refractivity contribution in [3.05, 3.63) is 12.2 Å². The van der Waals surface area contributed by atoms with E-state index < -0.39 is 6.10 Å². The summed E-state index contributed by atoms with van der Waals surface area (Å²) in [4.78, 5) is 8.24. The quantitative estimate of drug-likeness (QED) is 0.305. The SMILES string of the molecule is OC1C=[C+]C1=[OH+]. The van der Waals surface area contributed by atoms with Gasteiger partial charge in [-0.25, -0.2) is 4.79 Å². The topological polar surface area (TPSA) is 41.6 Å². The van der Waals surface area contributed by atoms with Crippen molar-refractivity contribution in [2.75, 3.05) is 0 Å². The first kappa shape index (κ1) is 3.47. The van der Waals surface area contributed by atoms with Gasteiger partial charge in [0.1, 0.15) is 0 Å². The third kappa shape index (κ3) is 0.249. The van der Waals surface area contributed by atoms with Gasteiger partial charge in [-0.05, 0) is 0 Å². The van der Waals surface area contributed by atoms with Crippen molar-refractivity contribution in [2.24, 2.45) is 0 Å². The summed E-state index contributed by atoms with van der Waals surface area (Å²) in [5.74, 6) is -0.0602. The van der Waals surface area contributed by atoms with Gasteiger partial charge in [0.25, 0.3) is 6.10 Å². The molecule has 0 saturated carbocycles. The fourth-order valence-corrected chi connectivity index (χ4v) is 0.232. The number of rotatable bonds is 0. The van der Waals surface area contributed by atoms with Crippen LogP contribution < -0.4 is 0 Å². The van der Waals surface area contributed by atoms with Crippen LogP contribution in [-0.4, -0.2) is 21.8 Å². The Morgan fingerprint density at radius 1 is 2.00 bits per heavy atom. The highest BCUT2D eigenvalue weighted by Crippen LogP contribution is 1.97. The number of hydrogen-bond donors (Lipinski definition) is 1. The lowest BCUT2D eigenvalue weighted by Gasteiger charge is -1.82. The van der Waals surface area contributed by atoms with Crippen molar-refractivity contribution < 1.29 is 9.90 Å². The lowest BCUT2D eigenvalue weighted by atomic mass is 10.1. The molecule has 0 amide bonds. The zero-order chi connectivity index (χ0) is 4.57. The van der Waals surface area contributed by atoms with Crippen LogP contribution in [0.1, 0.15) is 0 Å². The average Bonchev–Trinajstić information content (AvgIpc) is 1.61. The number of carbonyl (C=O) groups excluding carboxylic acids is 1. The molecular weight excluding hydrogens is 80.0 g/mol. The Balaban J connectivity index is 2.67. The molecule has 2 N–H and O–H groups in total. The van der Waals surface area contributed by atoms with E-state index in [-0.39, 0.29) is 5.78 Å². The molecular formula is C4H4O2+2. The van der Waals surface area contributed by atoms with E-state index in [4.69, 9.17) is 9.90 Å². The second-order valence-electron chi connectivity index (χ2n) is 1.14. The molecule has 0 spiro atoms. The van der Waals surface area contributed by atoms with Crippen LogP contribution >= 0.6 is 0 Å². The maximum absolute atomic E-state index is 8.31. The van der Waals surface area contributed by atoms with Gasteiger partial charge in [0.2, 0.25) is 6.08 Å². The maximum Gasteiger partial charge on any atom is 0.591 e. The van der Waals surface area contributed by atoms with Crippen molar-refractivity contribution >= 4 is 5.78 Å². The molecule has 0 aliphatic heterocycles. The molecule has 0 aromatic rings. The summed E-state index contributed by atoms with van der Waals surface area (Å²) >= 11 is 0. The Morgan fingerprint density at radius 2 is 2.50 bits per heavy atom. The summed E-state index contributed by atoms with van der Waals surface area (Å²) in [5, 5.41) is 8.31. The molecule has 0 aromatic carbocycles. The van der Waals surface area contributed by atoms with E-state index in [2.05, 4.69) is 6.08 Å². The van der Waals surface area contributed by atoms with E-state index in [9.17, 15) is 0 Å². The lowest BCUT2D eigenvalue weighted by Crippen LogP contribution is -2.24. The van der Waals surface area contributed by atoms with Gasteiger partial charge in [-0.1, -0.05) is 0 Å². The van der Waals surface area contributed by atoms with Crippen LogP contribution in [0.4, 0.5) is 0 Å². The van der Waals surface area contributed by atoms with Crippen LogP contribution in [0.15, 0.2) is 6.08 Å². The van der Waals surface area contributed by atoms with Crippen LogP contribution in [0.25, 0.3) is 0 Å². The molecule has 2 heteroatoms. The van der Waals surface area contributed by atoms with E-state index in [0.29, 0.717) is 0 Å². The fraction of sp³-hybridized carbons (Fsp3) is 0.250. The third-order valence-corrected chi connectivity index (χ3v) is 0.669. The number of ketones is 1. The predicted molar refractivity (Wildman–Crippen MR) is 20.8 cm³/mol. The van der Waals surface area contributed by atoms with Gasteiger partial charge in [0.15, 0.2) is 0 Å². The average molecular weight is 84.1 g/mol. The first-order valence-electron chi connectivity index (χ1n) is 1.64. The third-order valence-electron chi connectivity index (χ3n) is 0.669. The van der Waals surface area contributed by atoms with Gasteiger partial charge in [-0.15, -0.1) is 0 Å². The molecule has 0 bridgehead atoms. The van der Waals surface area contributed by atoms with Crippen molar-refractivity contribution in [3.8, 4) is 0 Å². The summed E-state index contributed by atoms with van der Waals surface area (Å²) in [5.41, 5.74) is 0. The van der Waals surface area contributed by atoms with E-state index >= 15 is 0 Å². The molecule has 30 valence electrons. The molecule has 0 heterocycles. The van der Waals surface area contributed by atoms with Crippen molar-refractivity contribution in [3.63, 3.8) is 0 Å². The highest BCUT2D eigenvalue weighted by atomic mass is 16.3. The van der Waals surface area contributed by atoms with E-state index in [1.54, 1.807) is 0 Å². The molecule has 0 radical (unpaired) electrons. The summed E-state index contributed by atoms with van der Waals surface area (Å²) in [7, 11) is 0. The Kier molecular flexibility index (Phi) is 0.502. The maximum atomic E-state index is 8.31. The van der Waals surface area contributed by atoms with Gasteiger partial charge in [-0.2, -0.15) is 0 Å². The molecule has 0 fully saturated rings. The smallest absolute Gasteiger partial charge is 0.368 e. The molecule has 1 aliphatic rings. The lowest BCUT2D eigenvalue weighted by molar-refractivity contribution is 0.270. The standard InChI is InChI=1S/C4H3O2/c5-3-1-2-4(3)6/h1,3,5H/q+1/p+1. The fourth-order valence-electron chi connectivity index (χ4n) is 0.232. The summed E-state index contributed by atoms with van der Waals surface area (Å²) in [6, 6.07) is 0. The zero-order valence-electron chi connectivity index (χ0n) is 3.05. The summed E-state index contributed by atoms with van der Waals surface area (Å²) in [6.07, 6.45) is 3.01. The van der Waals surface area contributed by atoms with E-state index in [1.165, 1.54) is 6.08 Å². The van der Waals surface area contributed by atoms with Crippen LogP contribution in [0.3, 0.4) is 0 Å². The van der Waals surface area contributed by atoms with Gasteiger partial charge in [0, 0.05) is 0 Å². The minimum Gasteiger partial charge on any atom is -0.368 e. The highest BCUT2D eigenvalue weighted by Gasteiger charge is 2.43. The van der Waals surface area contributed by atoms with Crippen LogP contribution in [0, 0.1) is 6.08 Å². The Bertz CT molecular complexity index is 104. The Labute approximate surface area is 35.1 Å². The second-order valence-corrected chi connectivity index (χ2v) is 1.14. The number of aliphatic hydroxyl groups is 1. The molecule has 6 heavy (non-hydrogen) atoms. The monoisotopic (exact) mass is 84.0 g/mol. The Hall–Kier alpha value is -0.720. The first-order valence-corrected chi connectivity index (χ1v) is 1.64. The van der Waals surface area contributed by atoms with Crippen molar-refractivity contribution in [1.29, 1.82) is 0 Å². The molecule has 1 atom stereocenters. The Morgan fingerprint density at radius 3 is 2.50 bits per heavy atom. The molecule has 1 unspecified atom stereocenters. The van der Waals surface area contributed by atoms with Crippen molar-refractivity contribution in [2.45, 2.75) is 6.10 Å². The molecule has 0 saturated heterocycles. The number of hydrogen-bond acceptors (Lipinski definition) is 1. The van der Waals surface area contributed by atoms with E-state index in [1.807, 2.05) is 0 Å². The summed E-state index contributed by atoms with van der Waals surface area (Å²) in [6.45, 7) is 0. The minimum absolute atomic E-state index is 0.0602. The normalized spacial score (nSPS) is 28.8. The van der Waals surface area contributed by atoms with Gasteiger partial charge in [-0.3, -0.25) is 0 Å². The van der Waals surface area contributed by atoms with Crippen LogP contribution in [0.5, 0.6) is 0 Å². The van der Waals surface area contributed by atoms with Crippen LogP contribution in [-0.2, 0) is 0 Å². The largest absolute Gasteiger partial charge is 0.591 e. The van der Waals surface area contributed by atoms with Crippen molar-refractivity contribution in [1.82, 2.24) is 0 Å². The number of aliphatic hydroxyl groups excluding tert-OH is 1. The molecule has 1 rings (SSSR count). The van der Waals surface area contributed by atoms with Gasteiger partial charge >= 0.3 is 11.9 Å². The van der Waals surface area contributed by atoms with Crippen LogP contribution in [0.2, 0.25) is 0 Å². The summed E-state index contributed by atoms with van der Waals surface area (Å²) < 4.78 is 0. The molecule has 1 aliphatic carbocycles. The molecule has 0 aromatic heterocycles. The van der Waals surface area contributed by atoms with Gasteiger partial charge in [0.05, 0.1) is 0 Å².